The molecule has 1 amide bonds. The smallest absolute Gasteiger partial charge is 0.248 e. The Morgan fingerprint density at radius 2 is 2.24 bits per heavy atom. The minimum absolute atomic E-state index is 0.0690. The lowest BCUT2D eigenvalue weighted by Crippen LogP contribution is -2.41. The number of ether oxygens (including phenoxy) is 1. The van der Waals surface area contributed by atoms with E-state index >= 15 is 0 Å². The van der Waals surface area contributed by atoms with E-state index in [1.54, 1.807) is 0 Å². The van der Waals surface area contributed by atoms with Crippen LogP contribution < -0.4 is 0 Å². The number of aryl methyl sites for hydroxylation is 1. The van der Waals surface area contributed by atoms with Gasteiger partial charge in [0.1, 0.15) is 6.61 Å². The van der Waals surface area contributed by atoms with Crippen LogP contribution >= 0.6 is 0 Å². The lowest BCUT2D eigenvalue weighted by atomic mass is 9.94. The molecule has 0 radical (unpaired) electrons. The predicted molar refractivity (Wildman–Crippen MR) is 97.3 cm³/mol. The molecule has 0 spiro atoms. The zero-order valence-corrected chi connectivity index (χ0v) is 14.9. The average Bonchev–Trinajstić information content (AvgIpc) is 2.66. The van der Waals surface area contributed by atoms with Crippen LogP contribution in [0.5, 0.6) is 0 Å². The van der Waals surface area contributed by atoms with E-state index in [9.17, 15) is 4.79 Å². The Morgan fingerprint density at radius 1 is 1.36 bits per heavy atom. The van der Waals surface area contributed by atoms with Crippen molar-refractivity contribution >= 4 is 5.91 Å². The van der Waals surface area contributed by atoms with Crippen molar-refractivity contribution in [2.75, 3.05) is 26.3 Å². The Bertz CT molecular complexity index is 732. The number of rotatable bonds is 5. The maximum Gasteiger partial charge on any atom is 0.248 e. The van der Waals surface area contributed by atoms with Crippen LogP contribution in [0.4, 0.5) is 0 Å². The summed E-state index contributed by atoms with van der Waals surface area (Å²) in [6.45, 7) is 6.21. The molecule has 0 unspecified atom stereocenters. The molecule has 0 N–H and O–H groups in total. The number of amides is 1. The Labute approximate surface area is 149 Å². The molecule has 1 aromatic carbocycles. The van der Waals surface area contributed by atoms with Gasteiger partial charge in [-0.15, -0.1) is 0 Å². The summed E-state index contributed by atoms with van der Waals surface area (Å²) in [4.78, 5) is 23.3. The fraction of sp³-hybridized carbons (Fsp3) is 0.450. The van der Waals surface area contributed by atoms with Crippen molar-refractivity contribution < 1.29 is 9.53 Å². The molecule has 132 valence electrons. The number of aromatic nitrogens is 2. The monoisotopic (exact) mass is 339 g/mol. The molecule has 3 rings (SSSR count). The van der Waals surface area contributed by atoms with E-state index < -0.39 is 0 Å². The minimum Gasteiger partial charge on any atom is -0.372 e. The van der Waals surface area contributed by atoms with Crippen LogP contribution in [0.15, 0.2) is 36.5 Å². The molecule has 25 heavy (non-hydrogen) atoms. The molecule has 1 aliphatic rings. The number of hydrogen-bond acceptors (Lipinski definition) is 4. The molecule has 1 aliphatic heterocycles. The van der Waals surface area contributed by atoms with E-state index in [0.29, 0.717) is 13.2 Å². The van der Waals surface area contributed by atoms with Crippen LogP contribution in [0, 0.1) is 6.92 Å². The van der Waals surface area contributed by atoms with Crippen molar-refractivity contribution in [1.82, 2.24) is 14.9 Å². The van der Waals surface area contributed by atoms with Crippen molar-refractivity contribution in [2.24, 2.45) is 0 Å². The number of piperidine rings is 1. The van der Waals surface area contributed by atoms with Gasteiger partial charge in [0, 0.05) is 43.1 Å². The number of likely N-dealkylation sites (tertiary alicyclic amines) is 1. The van der Waals surface area contributed by atoms with Gasteiger partial charge in [-0.2, -0.15) is 0 Å². The third-order valence-electron chi connectivity index (χ3n) is 4.58. The quantitative estimate of drug-likeness (QED) is 0.839. The summed E-state index contributed by atoms with van der Waals surface area (Å²) in [6.07, 6.45) is 3.86. The second-order valence-electron chi connectivity index (χ2n) is 6.49. The molecule has 5 heteroatoms. The van der Waals surface area contributed by atoms with Crippen LogP contribution in [0.1, 0.15) is 36.9 Å². The van der Waals surface area contributed by atoms with Crippen LogP contribution in [0.25, 0.3) is 11.4 Å². The fourth-order valence-corrected chi connectivity index (χ4v) is 3.25. The van der Waals surface area contributed by atoms with E-state index in [0.717, 1.165) is 36.5 Å². The summed E-state index contributed by atoms with van der Waals surface area (Å²) in [5.74, 6) is 1.07. The molecular formula is C20H25N3O2. The molecule has 1 saturated heterocycles. The van der Waals surface area contributed by atoms with Crippen molar-refractivity contribution in [3.8, 4) is 11.4 Å². The number of carbonyl (C=O) groups excluding carboxylic acids is 1. The molecule has 0 bridgehead atoms. The van der Waals surface area contributed by atoms with Gasteiger partial charge in [0.15, 0.2) is 5.82 Å². The van der Waals surface area contributed by atoms with Gasteiger partial charge in [0.25, 0.3) is 0 Å². The summed E-state index contributed by atoms with van der Waals surface area (Å²) in [5, 5.41) is 0. The second kappa shape index (κ2) is 8.21. The highest BCUT2D eigenvalue weighted by molar-refractivity contribution is 5.77. The van der Waals surface area contributed by atoms with Gasteiger partial charge in [-0.05, 0) is 38.8 Å². The standard InChI is InChI=1S/C20H25N3O2/c1-3-25-14-19(24)23-11-5-8-17(13-23)18-9-10-21-20(22-18)16-7-4-6-15(2)12-16/h4,6-7,9-10,12,17H,3,5,8,11,13-14H2,1-2H3/t17-/m0/s1. The van der Waals surface area contributed by atoms with Crippen molar-refractivity contribution in [1.29, 1.82) is 0 Å². The zero-order valence-electron chi connectivity index (χ0n) is 14.9. The Hall–Kier alpha value is -2.27. The first-order chi connectivity index (χ1) is 12.2. The molecule has 0 saturated carbocycles. The number of benzene rings is 1. The molecular weight excluding hydrogens is 314 g/mol. The molecule has 0 aliphatic carbocycles. The highest BCUT2D eigenvalue weighted by Gasteiger charge is 2.25. The molecule has 1 aromatic heterocycles. The van der Waals surface area contributed by atoms with Crippen LogP contribution in [-0.4, -0.2) is 47.1 Å². The zero-order chi connectivity index (χ0) is 17.6. The molecule has 2 heterocycles. The summed E-state index contributed by atoms with van der Waals surface area (Å²) in [5.41, 5.74) is 3.24. The van der Waals surface area contributed by atoms with E-state index in [1.165, 1.54) is 5.56 Å². The number of nitrogens with zero attached hydrogens (tertiary/aromatic N) is 3. The summed E-state index contributed by atoms with van der Waals surface area (Å²) >= 11 is 0. The van der Waals surface area contributed by atoms with E-state index in [4.69, 9.17) is 9.72 Å². The molecule has 2 aromatic rings. The first kappa shape index (κ1) is 17.5. The van der Waals surface area contributed by atoms with Gasteiger partial charge in [0.05, 0.1) is 0 Å². The molecule has 1 atom stereocenters. The highest BCUT2D eigenvalue weighted by Crippen LogP contribution is 2.27. The largest absolute Gasteiger partial charge is 0.372 e. The van der Waals surface area contributed by atoms with Crippen molar-refractivity contribution in [3.05, 3.63) is 47.8 Å². The van der Waals surface area contributed by atoms with E-state index in [1.807, 2.05) is 36.2 Å². The van der Waals surface area contributed by atoms with Gasteiger partial charge in [-0.3, -0.25) is 4.79 Å². The number of carbonyl (C=O) groups is 1. The van der Waals surface area contributed by atoms with Crippen molar-refractivity contribution in [2.45, 2.75) is 32.6 Å². The summed E-state index contributed by atoms with van der Waals surface area (Å²) < 4.78 is 5.26. The predicted octanol–water partition coefficient (Wildman–Crippen LogP) is 3.19. The van der Waals surface area contributed by atoms with Crippen LogP contribution in [0.3, 0.4) is 0 Å². The van der Waals surface area contributed by atoms with Gasteiger partial charge in [-0.1, -0.05) is 23.8 Å². The minimum atomic E-state index is 0.0690. The van der Waals surface area contributed by atoms with E-state index in [2.05, 4.69) is 24.0 Å². The topological polar surface area (TPSA) is 55.3 Å². The highest BCUT2D eigenvalue weighted by atomic mass is 16.5. The first-order valence-electron chi connectivity index (χ1n) is 8.93. The Balaban J connectivity index is 1.75. The van der Waals surface area contributed by atoms with Gasteiger partial charge in [0.2, 0.25) is 5.91 Å². The fourth-order valence-electron chi connectivity index (χ4n) is 3.25. The van der Waals surface area contributed by atoms with Crippen molar-refractivity contribution in [3.63, 3.8) is 0 Å². The van der Waals surface area contributed by atoms with Gasteiger partial charge < -0.3 is 9.64 Å². The van der Waals surface area contributed by atoms with Gasteiger partial charge >= 0.3 is 0 Å². The SMILES string of the molecule is CCOCC(=O)N1CCC[C@H](c2ccnc(-c3cccc(C)c3)n2)C1. The Kier molecular flexibility index (Phi) is 5.76. The summed E-state index contributed by atoms with van der Waals surface area (Å²) in [6, 6.07) is 10.2. The Morgan fingerprint density at radius 3 is 3.04 bits per heavy atom. The van der Waals surface area contributed by atoms with Gasteiger partial charge in [-0.25, -0.2) is 9.97 Å². The van der Waals surface area contributed by atoms with Crippen LogP contribution in [0.2, 0.25) is 0 Å². The van der Waals surface area contributed by atoms with Crippen LogP contribution in [-0.2, 0) is 9.53 Å². The maximum absolute atomic E-state index is 12.2. The lowest BCUT2D eigenvalue weighted by molar-refractivity contribution is -0.137. The maximum atomic E-state index is 12.2. The first-order valence-corrected chi connectivity index (χ1v) is 8.93. The molecule has 5 nitrogen and oxygen atoms in total. The molecule has 1 fully saturated rings. The third kappa shape index (κ3) is 4.42. The number of hydrogen-bond donors (Lipinski definition) is 0. The average molecular weight is 339 g/mol. The second-order valence-corrected chi connectivity index (χ2v) is 6.49. The lowest BCUT2D eigenvalue weighted by Gasteiger charge is -2.32. The summed E-state index contributed by atoms with van der Waals surface area (Å²) in [7, 11) is 0. The normalized spacial score (nSPS) is 17.5. The third-order valence-corrected chi connectivity index (χ3v) is 4.58. The van der Waals surface area contributed by atoms with E-state index in [-0.39, 0.29) is 18.4 Å².